The molecule has 0 heterocycles. The lowest BCUT2D eigenvalue weighted by atomic mass is 10.6. The van der Waals surface area contributed by atoms with Gasteiger partial charge < -0.3 is 4.74 Å². The summed E-state index contributed by atoms with van der Waals surface area (Å²) >= 11 is 5.32. The van der Waals surface area contributed by atoms with Crippen LogP contribution < -0.4 is 0 Å². The van der Waals surface area contributed by atoms with Crippen LogP contribution in [-0.4, -0.2) is 5.97 Å². The van der Waals surface area contributed by atoms with Crippen molar-refractivity contribution in [2.45, 2.75) is 6.92 Å². The Hall–Kier alpha value is -0.760. The van der Waals surface area contributed by atoms with Crippen molar-refractivity contribution in [1.82, 2.24) is 0 Å². The van der Waals surface area contributed by atoms with Gasteiger partial charge in [0.05, 0.1) is 0 Å². The Bertz CT molecular complexity index is 149. The average Bonchev–Trinajstić information content (AvgIpc) is 1.63. The summed E-state index contributed by atoms with van der Waals surface area (Å²) in [6.07, 6.45) is 2.83. The Morgan fingerprint density at radius 3 is 2.67 bits per heavy atom. The summed E-state index contributed by atoms with van der Waals surface area (Å²) in [4.78, 5) is 10.1. The average molecular weight is 147 g/mol. The Morgan fingerprint density at radius 2 is 2.33 bits per heavy atom. The van der Waals surface area contributed by atoms with Crippen molar-refractivity contribution >= 4 is 17.6 Å². The Morgan fingerprint density at radius 1 is 1.78 bits per heavy atom. The SMILES string of the molecule is C=C/C=C(\Cl)OC(C)=O. The maximum atomic E-state index is 10.1. The normalized spacial score (nSPS) is 10.7. The standard InChI is InChI=1S/C6H7ClO2/c1-3-4-6(7)9-5(2)8/h3-4H,1H2,2H3/b6-4+. The fraction of sp³-hybridized carbons (Fsp3) is 0.167. The topological polar surface area (TPSA) is 26.3 Å². The summed E-state index contributed by atoms with van der Waals surface area (Å²) in [5.74, 6) is -0.432. The van der Waals surface area contributed by atoms with Crippen molar-refractivity contribution < 1.29 is 9.53 Å². The molecular formula is C6H7ClO2. The van der Waals surface area contributed by atoms with Crippen molar-refractivity contribution in [2.75, 3.05) is 0 Å². The van der Waals surface area contributed by atoms with E-state index in [0.29, 0.717) is 0 Å². The maximum Gasteiger partial charge on any atom is 0.308 e. The van der Waals surface area contributed by atoms with Crippen molar-refractivity contribution in [3.63, 3.8) is 0 Å². The lowest BCUT2D eigenvalue weighted by Gasteiger charge is -1.93. The number of hydrogen-bond acceptors (Lipinski definition) is 2. The van der Waals surface area contributed by atoms with E-state index in [1.165, 1.54) is 19.1 Å². The van der Waals surface area contributed by atoms with Gasteiger partial charge in [0.25, 0.3) is 0 Å². The van der Waals surface area contributed by atoms with Gasteiger partial charge in [0.1, 0.15) is 0 Å². The van der Waals surface area contributed by atoms with Crippen LogP contribution in [0, 0.1) is 0 Å². The second-order valence-electron chi connectivity index (χ2n) is 1.30. The molecule has 0 aromatic rings. The van der Waals surface area contributed by atoms with Gasteiger partial charge in [-0.2, -0.15) is 0 Å². The molecule has 0 unspecified atom stereocenters. The number of ether oxygens (including phenoxy) is 1. The molecule has 0 fully saturated rings. The summed E-state index contributed by atoms with van der Waals surface area (Å²) in [7, 11) is 0. The van der Waals surface area contributed by atoms with Crippen LogP contribution in [0.3, 0.4) is 0 Å². The molecular weight excluding hydrogens is 140 g/mol. The minimum Gasteiger partial charge on any atom is -0.414 e. The first-order valence-corrected chi connectivity index (χ1v) is 2.71. The van der Waals surface area contributed by atoms with Crippen molar-refractivity contribution in [3.05, 3.63) is 23.9 Å². The zero-order chi connectivity index (χ0) is 7.28. The Balaban J connectivity index is 3.75. The molecule has 50 valence electrons. The van der Waals surface area contributed by atoms with E-state index in [1.807, 2.05) is 0 Å². The van der Waals surface area contributed by atoms with E-state index in [1.54, 1.807) is 0 Å². The summed E-state index contributed by atoms with van der Waals surface area (Å²) < 4.78 is 4.41. The molecule has 0 aromatic carbocycles. The van der Waals surface area contributed by atoms with Crippen LogP contribution in [0.2, 0.25) is 0 Å². The van der Waals surface area contributed by atoms with Crippen molar-refractivity contribution in [3.8, 4) is 0 Å². The first kappa shape index (κ1) is 8.24. The second-order valence-corrected chi connectivity index (χ2v) is 1.67. The lowest BCUT2D eigenvalue weighted by Crippen LogP contribution is -1.93. The molecule has 0 N–H and O–H groups in total. The summed E-state index contributed by atoms with van der Waals surface area (Å²) in [5.41, 5.74) is 0. The summed E-state index contributed by atoms with van der Waals surface area (Å²) in [6, 6.07) is 0. The van der Waals surface area contributed by atoms with Crippen LogP contribution in [0.15, 0.2) is 23.9 Å². The fourth-order valence-corrected chi connectivity index (χ4v) is 0.462. The molecule has 0 aliphatic carbocycles. The highest BCUT2D eigenvalue weighted by Gasteiger charge is 1.93. The van der Waals surface area contributed by atoms with E-state index in [4.69, 9.17) is 11.6 Å². The monoisotopic (exact) mass is 146 g/mol. The molecule has 0 atom stereocenters. The molecule has 0 aliphatic heterocycles. The molecule has 2 nitrogen and oxygen atoms in total. The highest BCUT2D eigenvalue weighted by molar-refractivity contribution is 6.29. The number of carbonyl (C=O) groups is 1. The molecule has 0 spiro atoms. The quantitative estimate of drug-likeness (QED) is 0.338. The molecule has 0 saturated carbocycles. The molecule has 0 aliphatic rings. The van der Waals surface area contributed by atoms with Crippen LogP contribution in [-0.2, 0) is 9.53 Å². The van der Waals surface area contributed by atoms with Crippen LogP contribution in [0.1, 0.15) is 6.92 Å². The van der Waals surface area contributed by atoms with E-state index in [0.717, 1.165) is 0 Å². The number of hydrogen-bond donors (Lipinski definition) is 0. The van der Waals surface area contributed by atoms with Gasteiger partial charge in [-0.3, -0.25) is 4.79 Å². The lowest BCUT2D eigenvalue weighted by molar-refractivity contribution is -0.135. The number of esters is 1. The smallest absolute Gasteiger partial charge is 0.308 e. The van der Waals surface area contributed by atoms with Gasteiger partial charge in [-0.05, 0) is 17.7 Å². The predicted octanol–water partition coefficient (Wildman–Crippen LogP) is 1.82. The van der Waals surface area contributed by atoms with Crippen LogP contribution in [0.4, 0.5) is 0 Å². The third kappa shape index (κ3) is 5.11. The molecule has 0 saturated heterocycles. The fourth-order valence-electron chi connectivity index (χ4n) is 0.264. The van der Waals surface area contributed by atoms with E-state index < -0.39 is 5.97 Å². The molecule has 3 heteroatoms. The molecule has 0 rings (SSSR count). The molecule has 9 heavy (non-hydrogen) atoms. The number of carbonyl (C=O) groups excluding carboxylic acids is 1. The van der Waals surface area contributed by atoms with Crippen molar-refractivity contribution in [2.24, 2.45) is 0 Å². The van der Waals surface area contributed by atoms with Crippen LogP contribution in [0.25, 0.3) is 0 Å². The van der Waals surface area contributed by atoms with Gasteiger partial charge >= 0.3 is 5.97 Å². The van der Waals surface area contributed by atoms with Gasteiger partial charge in [-0.15, -0.1) is 0 Å². The minimum absolute atomic E-state index is 0.0394. The Kier molecular flexibility index (Phi) is 3.80. The number of rotatable bonds is 2. The van der Waals surface area contributed by atoms with Gasteiger partial charge in [0, 0.05) is 6.92 Å². The molecule has 0 amide bonds. The van der Waals surface area contributed by atoms with E-state index >= 15 is 0 Å². The highest BCUT2D eigenvalue weighted by atomic mass is 35.5. The third-order valence-corrected chi connectivity index (χ3v) is 0.693. The second kappa shape index (κ2) is 4.15. The van der Waals surface area contributed by atoms with Crippen LogP contribution >= 0.6 is 11.6 Å². The van der Waals surface area contributed by atoms with E-state index in [-0.39, 0.29) is 5.22 Å². The predicted molar refractivity (Wildman–Crippen MR) is 35.9 cm³/mol. The summed E-state index contributed by atoms with van der Waals surface area (Å²) in [5, 5.41) is 0.0394. The molecule has 0 aromatic heterocycles. The van der Waals surface area contributed by atoms with E-state index in [9.17, 15) is 4.79 Å². The largest absolute Gasteiger partial charge is 0.414 e. The minimum atomic E-state index is -0.432. The van der Waals surface area contributed by atoms with Crippen LogP contribution in [0.5, 0.6) is 0 Å². The van der Waals surface area contributed by atoms with E-state index in [2.05, 4.69) is 11.3 Å². The van der Waals surface area contributed by atoms with Gasteiger partial charge in [-0.25, -0.2) is 0 Å². The highest BCUT2D eigenvalue weighted by Crippen LogP contribution is 2.02. The third-order valence-electron chi connectivity index (χ3n) is 0.490. The molecule has 0 radical (unpaired) electrons. The Labute approximate surface area is 58.8 Å². The first-order chi connectivity index (χ1) is 4.16. The van der Waals surface area contributed by atoms with Gasteiger partial charge in [0.2, 0.25) is 0 Å². The zero-order valence-corrected chi connectivity index (χ0v) is 5.81. The number of allylic oxidation sites excluding steroid dienone is 2. The van der Waals surface area contributed by atoms with Gasteiger partial charge in [-0.1, -0.05) is 12.7 Å². The van der Waals surface area contributed by atoms with Gasteiger partial charge in [0.15, 0.2) is 5.22 Å². The van der Waals surface area contributed by atoms with Crippen molar-refractivity contribution in [1.29, 1.82) is 0 Å². The summed E-state index contributed by atoms with van der Waals surface area (Å²) in [6.45, 7) is 4.63. The zero-order valence-electron chi connectivity index (χ0n) is 5.06. The maximum absolute atomic E-state index is 10.1. The number of halogens is 1. The first-order valence-electron chi connectivity index (χ1n) is 2.33. The molecule has 0 bridgehead atoms.